The Morgan fingerprint density at radius 3 is 2.02 bits per heavy atom. The van der Waals surface area contributed by atoms with Gasteiger partial charge in [-0.15, -0.1) is 0 Å². The molecular formula is C34H47IN10O5. The molecule has 0 radical (unpaired) electrons. The summed E-state index contributed by atoms with van der Waals surface area (Å²) < 4.78 is 1.01. The normalized spacial score (nSPS) is 13.3. The summed E-state index contributed by atoms with van der Waals surface area (Å²) >= 11 is 2.17. The number of H-pyrrole nitrogens is 1. The van der Waals surface area contributed by atoms with Crippen LogP contribution in [0.2, 0.25) is 0 Å². The fourth-order valence-electron chi connectivity index (χ4n) is 5.43. The van der Waals surface area contributed by atoms with E-state index in [1.165, 1.54) is 6.92 Å². The second kappa shape index (κ2) is 20.1. The maximum atomic E-state index is 14.0. The number of carbonyl (C=O) groups excluding carboxylic acids is 5. The van der Waals surface area contributed by atoms with Crippen LogP contribution in [-0.2, 0) is 36.8 Å². The second-order valence-corrected chi connectivity index (χ2v) is 13.2. The molecule has 3 rings (SSSR count). The van der Waals surface area contributed by atoms with E-state index in [1.807, 2.05) is 48.5 Å². The second-order valence-electron chi connectivity index (χ2n) is 12.0. The molecule has 1 aromatic heterocycles. The molecule has 2 aromatic carbocycles. The zero-order valence-electron chi connectivity index (χ0n) is 28.0. The number of nitrogens with two attached hydrogens (primary N) is 3. The maximum absolute atomic E-state index is 14.0. The van der Waals surface area contributed by atoms with E-state index in [2.05, 4.69) is 54.2 Å². The molecule has 0 aliphatic heterocycles. The highest BCUT2D eigenvalue weighted by Crippen LogP contribution is 2.20. The van der Waals surface area contributed by atoms with Crippen LogP contribution in [0.1, 0.15) is 50.2 Å². The van der Waals surface area contributed by atoms with Gasteiger partial charge in [0.2, 0.25) is 29.5 Å². The van der Waals surface area contributed by atoms with Gasteiger partial charge < -0.3 is 48.8 Å². The largest absolute Gasteiger partial charge is 0.370 e. The Labute approximate surface area is 304 Å². The lowest BCUT2D eigenvalue weighted by Crippen LogP contribution is -2.58. The number of guanidine groups is 1. The van der Waals surface area contributed by atoms with Crippen molar-refractivity contribution in [3.05, 3.63) is 69.4 Å². The number of fused-ring (bicyclic) bond motifs is 1. The summed E-state index contributed by atoms with van der Waals surface area (Å²) in [6.07, 6.45) is 3.89. The number of hydrogen-bond acceptors (Lipinski definition) is 7. The number of primary amides is 1. The first-order valence-corrected chi connectivity index (χ1v) is 17.5. The van der Waals surface area contributed by atoms with Gasteiger partial charge >= 0.3 is 0 Å². The molecule has 50 heavy (non-hydrogen) atoms. The monoisotopic (exact) mass is 802 g/mol. The van der Waals surface area contributed by atoms with E-state index in [0.717, 1.165) is 25.6 Å². The number of amides is 5. The van der Waals surface area contributed by atoms with Crippen LogP contribution in [0, 0.1) is 8.98 Å². The van der Waals surface area contributed by atoms with Crippen LogP contribution in [0.5, 0.6) is 0 Å². The van der Waals surface area contributed by atoms with Gasteiger partial charge in [-0.3, -0.25) is 29.4 Å². The molecule has 4 atom stereocenters. The fourth-order valence-corrected chi connectivity index (χ4v) is 5.79. The number of nitrogens with one attached hydrogen (secondary N) is 7. The Morgan fingerprint density at radius 2 is 1.38 bits per heavy atom. The average molecular weight is 803 g/mol. The number of rotatable bonds is 20. The summed E-state index contributed by atoms with van der Waals surface area (Å²) in [6.45, 7) is 1.96. The molecular weight excluding hydrogens is 755 g/mol. The van der Waals surface area contributed by atoms with Crippen molar-refractivity contribution in [1.82, 2.24) is 31.6 Å². The van der Waals surface area contributed by atoms with Crippen LogP contribution in [0.25, 0.3) is 10.9 Å². The van der Waals surface area contributed by atoms with Crippen molar-refractivity contribution in [2.24, 2.45) is 17.2 Å². The number of aromatic amines is 1. The molecule has 1 heterocycles. The minimum Gasteiger partial charge on any atom is -0.370 e. The smallest absolute Gasteiger partial charge is 0.243 e. The number of benzene rings is 2. The molecule has 0 aliphatic carbocycles. The van der Waals surface area contributed by atoms with E-state index in [-0.39, 0.29) is 38.2 Å². The summed E-state index contributed by atoms with van der Waals surface area (Å²) in [5.41, 5.74) is 19.0. The highest BCUT2D eigenvalue weighted by Gasteiger charge is 2.31. The van der Waals surface area contributed by atoms with Crippen molar-refractivity contribution < 1.29 is 24.0 Å². The summed E-state index contributed by atoms with van der Waals surface area (Å²) in [5, 5.41) is 21.9. The fraction of sp³-hybridized carbons (Fsp3) is 0.412. The third-order valence-corrected chi connectivity index (χ3v) is 8.72. The number of para-hydroxylation sites is 1. The lowest BCUT2D eigenvalue weighted by molar-refractivity contribution is -0.134. The van der Waals surface area contributed by atoms with Crippen LogP contribution < -0.4 is 43.8 Å². The van der Waals surface area contributed by atoms with Crippen LogP contribution in [0.3, 0.4) is 0 Å². The maximum Gasteiger partial charge on any atom is 0.243 e. The standard InChI is InChI=1S/C34H47IN10O5/c1-20(46)42-28(17-21-11-13-23(35)14-12-21)32(49)44-27(10-6-16-40-34(38)39)31(48)45-29(18-22-19-41-25-8-3-2-7-24(22)25)33(50)43-26(30(37)47)9-4-5-15-36/h2-3,7-8,11-14,19,26-29,41H,4-6,9-10,15-18,36H2,1H3,(H2,37,47)(H,42,46)(H,43,50)(H,44,49)(H,45,48)(H4,38,39,40)/t26-,27+,28-,29+/m1/s1. The van der Waals surface area contributed by atoms with Crippen LogP contribution >= 0.6 is 22.6 Å². The first-order chi connectivity index (χ1) is 23.9. The van der Waals surface area contributed by atoms with Gasteiger partial charge in [-0.05, 0) is 90.6 Å². The van der Waals surface area contributed by atoms with E-state index in [4.69, 9.17) is 22.6 Å². The van der Waals surface area contributed by atoms with Crippen molar-refractivity contribution in [1.29, 1.82) is 5.41 Å². The van der Waals surface area contributed by atoms with Crippen molar-refractivity contribution in [3.63, 3.8) is 0 Å². The quantitative estimate of drug-likeness (QED) is 0.0330. The van der Waals surface area contributed by atoms with Gasteiger partial charge in [0.05, 0.1) is 0 Å². The van der Waals surface area contributed by atoms with E-state index in [9.17, 15) is 24.0 Å². The Kier molecular flexibility index (Phi) is 16.0. The first-order valence-electron chi connectivity index (χ1n) is 16.4. The molecule has 3 aromatic rings. The van der Waals surface area contributed by atoms with E-state index < -0.39 is 53.7 Å². The minimum atomic E-state index is -1.16. The number of aromatic nitrogens is 1. The number of carbonyl (C=O) groups is 5. The van der Waals surface area contributed by atoms with Crippen LogP contribution in [-0.4, -0.2) is 77.7 Å². The molecule has 0 fully saturated rings. The molecule has 0 bridgehead atoms. The van der Waals surface area contributed by atoms with Gasteiger partial charge in [-0.1, -0.05) is 30.3 Å². The van der Waals surface area contributed by atoms with Gasteiger partial charge in [0.1, 0.15) is 24.2 Å². The van der Waals surface area contributed by atoms with E-state index >= 15 is 0 Å². The molecule has 13 N–H and O–H groups in total. The zero-order chi connectivity index (χ0) is 36.6. The SMILES string of the molecule is CC(=O)N[C@H](Cc1ccc(I)cc1)C(=O)N[C@@H](CCCNC(=N)N)C(=O)N[C@@H](Cc1c[nH]c2ccccc12)C(=O)N[C@H](CCCCN)C(N)=O. The molecule has 0 aliphatic rings. The molecule has 15 nitrogen and oxygen atoms in total. The Balaban J connectivity index is 1.88. The lowest BCUT2D eigenvalue weighted by Gasteiger charge is -2.26. The first kappa shape index (κ1) is 39.7. The van der Waals surface area contributed by atoms with Crippen molar-refractivity contribution in [3.8, 4) is 0 Å². The molecule has 270 valence electrons. The Hall–Kier alpha value is -4.71. The molecule has 16 heteroatoms. The van der Waals surface area contributed by atoms with Crippen molar-refractivity contribution >= 4 is 69.0 Å². The predicted molar refractivity (Wildman–Crippen MR) is 200 cm³/mol. The highest BCUT2D eigenvalue weighted by molar-refractivity contribution is 14.1. The Bertz CT molecular complexity index is 1630. The molecule has 0 saturated heterocycles. The van der Waals surface area contributed by atoms with Crippen molar-refractivity contribution in [2.75, 3.05) is 13.1 Å². The summed E-state index contributed by atoms with van der Waals surface area (Å²) in [7, 11) is 0. The zero-order valence-corrected chi connectivity index (χ0v) is 30.2. The summed E-state index contributed by atoms with van der Waals surface area (Å²) in [6, 6.07) is 10.7. The third-order valence-electron chi connectivity index (χ3n) is 8.00. The molecule has 0 unspecified atom stereocenters. The summed E-state index contributed by atoms with van der Waals surface area (Å²) in [4.78, 5) is 68.9. The van der Waals surface area contributed by atoms with Gasteiger partial charge in [0.15, 0.2) is 5.96 Å². The van der Waals surface area contributed by atoms with Crippen LogP contribution in [0.15, 0.2) is 54.7 Å². The van der Waals surface area contributed by atoms with Crippen molar-refractivity contribution in [2.45, 2.75) is 76.0 Å². The van der Waals surface area contributed by atoms with Gasteiger partial charge in [-0.2, -0.15) is 0 Å². The minimum absolute atomic E-state index is 0.0593. The van der Waals surface area contributed by atoms with E-state index in [0.29, 0.717) is 25.8 Å². The van der Waals surface area contributed by atoms with Gasteiger partial charge in [-0.25, -0.2) is 0 Å². The lowest BCUT2D eigenvalue weighted by atomic mass is 10.0. The number of halogens is 1. The third kappa shape index (κ3) is 13.0. The van der Waals surface area contributed by atoms with Gasteiger partial charge in [0, 0.05) is 47.0 Å². The van der Waals surface area contributed by atoms with Gasteiger partial charge in [0.25, 0.3) is 0 Å². The number of hydrogen-bond donors (Lipinski definition) is 10. The molecule has 5 amide bonds. The highest BCUT2D eigenvalue weighted by atomic mass is 127. The topological polar surface area (TPSA) is 263 Å². The molecule has 0 saturated carbocycles. The molecule has 0 spiro atoms. The van der Waals surface area contributed by atoms with E-state index in [1.54, 1.807) is 6.20 Å². The summed E-state index contributed by atoms with van der Waals surface area (Å²) in [5.74, 6) is -3.26. The Morgan fingerprint density at radius 1 is 0.780 bits per heavy atom. The van der Waals surface area contributed by atoms with Crippen LogP contribution in [0.4, 0.5) is 0 Å². The average Bonchev–Trinajstić information content (AvgIpc) is 3.48. The number of unbranched alkanes of at least 4 members (excludes halogenated alkanes) is 1. The predicted octanol–water partition coefficient (Wildman–Crippen LogP) is 0.394.